The predicted molar refractivity (Wildman–Crippen MR) is 101 cm³/mol. The van der Waals surface area contributed by atoms with Gasteiger partial charge in [0.15, 0.2) is 0 Å². The summed E-state index contributed by atoms with van der Waals surface area (Å²) in [4.78, 5) is 27.0. The van der Waals surface area contributed by atoms with Crippen molar-refractivity contribution in [3.05, 3.63) is 46.8 Å². The highest BCUT2D eigenvalue weighted by Gasteiger charge is 2.38. The van der Waals surface area contributed by atoms with Gasteiger partial charge in [0.05, 0.1) is 11.8 Å². The van der Waals surface area contributed by atoms with Crippen LogP contribution in [0.4, 0.5) is 18.9 Å². The molecule has 2 amide bonds. The molecule has 1 atom stereocenters. The Morgan fingerprint density at radius 3 is 2.80 bits per heavy atom. The van der Waals surface area contributed by atoms with E-state index in [1.54, 1.807) is 13.1 Å². The van der Waals surface area contributed by atoms with Crippen molar-refractivity contribution in [1.82, 2.24) is 15.1 Å². The van der Waals surface area contributed by atoms with Gasteiger partial charge in [0.1, 0.15) is 5.60 Å². The SMILES string of the molecule is CC1(C(=O)Nc2cc(C(=O)N3CCc4[nH]ncc4C3)cc(C(F)(F)F)c2)CCCO1. The number of ether oxygens (including phenoxy) is 1. The highest BCUT2D eigenvalue weighted by Crippen LogP contribution is 2.34. The zero-order chi connectivity index (χ0) is 21.5. The fraction of sp³-hybridized carbons (Fsp3) is 0.450. The average molecular weight is 422 g/mol. The molecule has 3 heterocycles. The number of nitrogens with one attached hydrogen (secondary N) is 2. The summed E-state index contributed by atoms with van der Waals surface area (Å²) in [6.07, 6.45) is -1.34. The van der Waals surface area contributed by atoms with Crippen LogP contribution < -0.4 is 5.32 Å². The number of carbonyl (C=O) groups is 2. The van der Waals surface area contributed by atoms with Crippen LogP contribution in [0, 0.1) is 0 Å². The van der Waals surface area contributed by atoms with E-state index in [4.69, 9.17) is 4.74 Å². The third-order valence-electron chi connectivity index (χ3n) is 5.55. The number of hydrogen-bond donors (Lipinski definition) is 2. The minimum atomic E-state index is -4.66. The maximum Gasteiger partial charge on any atom is 0.416 e. The highest BCUT2D eigenvalue weighted by molar-refractivity contribution is 6.00. The first kappa shape index (κ1) is 20.4. The monoisotopic (exact) mass is 422 g/mol. The van der Waals surface area contributed by atoms with Crippen LogP contribution in [-0.2, 0) is 28.7 Å². The number of fused-ring (bicyclic) bond motifs is 1. The molecular formula is C20H21F3N4O3. The van der Waals surface area contributed by atoms with Gasteiger partial charge >= 0.3 is 6.18 Å². The Hall–Kier alpha value is -2.88. The lowest BCUT2D eigenvalue weighted by Gasteiger charge is -2.27. The zero-order valence-electron chi connectivity index (χ0n) is 16.3. The molecule has 0 spiro atoms. The molecule has 2 aliphatic rings. The number of aromatic amines is 1. The molecule has 2 aliphatic heterocycles. The Kier molecular flexibility index (Phi) is 5.05. The number of aromatic nitrogens is 2. The molecule has 0 aliphatic carbocycles. The summed E-state index contributed by atoms with van der Waals surface area (Å²) in [7, 11) is 0. The lowest BCUT2D eigenvalue weighted by molar-refractivity contribution is -0.137. The normalized spacial score (nSPS) is 21.4. The van der Waals surface area contributed by atoms with E-state index in [9.17, 15) is 22.8 Å². The van der Waals surface area contributed by atoms with Crippen molar-refractivity contribution in [3.8, 4) is 0 Å². The lowest BCUT2D eigenvalue weighted by atomic mass is 10.0. The number of carbonyl (C=O) groups excluding carboxylic acids is 2. The second-order valence-corrected chi connectivity index (χ2v) is 7.78. The molecule has 1 saturated heterocycles. The van der Waals surface area contributed by atoms with E-state index in [0.717, 1.165) is 23.4 Å². The standard InChI is InChI=1S/C20H21F3N4O3/c1-19(4-2-6-30-19)18(29)25-15-8-12(7-14(9-15)20(21,22)23)17(28)27-5-3-16-13(11-27)10-24-26-16/h7-10H,2-6,11H2,1H3,(H,24,26)(H,25,29). The van der Waals surface area contributed by atoms with Crippen LogP contribution in [0.15, 0.2) is 24.4 Å². The summed E-state index contributed by atoms with van der Waals surface area (Å²) >= 11 is 0. The molecule has 1 unspecified atom stereocenters. The predicted octanol–water partition coefficient (Wildman–Crippen LogP) is 3.13. The molecule has 1 aromatic carbocycles. The van der Waals surface area contributed by atoms with E-state index in [1.807, 2.05) is 0 Å². The van der Waals surface area contributed by atoms with Gasteiger partial charge < -0.3 is 15.0 Å². The molecule has 2 aromatic rings. The van der Waals surface area contributed by atoms with Crippen LogP contribution in [0.3, 0.4) is 0 Å². The number of H-pyrrole nitrogens is 1. The number of nitrogens with zero attached hydrogens (tertiary/aromatic N) is 2. The molecule has 7 nitrogen and oxygen atoms in total. The first-order chi connectivity index (χ1) is 14.2. The Morgan fingerprint density at radius 2 is 2.10 bits per heavy atom. The van der Waals surface area contributed by atoms with Gasteiger partial charge in [-0.1, -0.05) is 0 Å². The van der Waals surface area contributed by atoms with Crippen molar-refractivity contribution in [1.29, 1.82) is 0 Å². The van der Waals surface area contributed by atoms with Gasteiger partial charge in [-0.15, -0.1) is 0 Å². The van der Waals surface area contributed by atoms with Crippen molar-refractivity contribution >= 4 is 17.5 Å². The van der Waals surface area contributed by atoms with Gasteiger partial charge in [-0.3, -0.25) is 14.7 Å². The van der Waals surface area contributed by atoms with Crippen LogP contribution in [0.25, 0.3) is 0 Å². The van der Waals surface area contributed by atoms with Crippen molar-refractivity contribution in [2.24, 2.45) is 0 Å². The van der Waals surface area contributed by atoms with Crippen LogP contribution in [0.1, 0.15) is 46.9 Å². The molecule has 0 bridgehead atoms. The Bertz CT molecular complexity index is 980. The minimum Gasteiger partial charge on any atom is -0.365 e. The summed E-state index contributed by atoms with van der Waals surface area (Å²) in [6, 6.07) is 2.92. The molecule has 10 heteroatoms. The highest BCUT2D eigenvalue weighted by atomic mass is 19.4. The van der Waals surface area contributed by atoms with Gasteiger partial charge in [0.25, 0.3) is 11.8 Å². The summed E-state index contributed by atoms with van der Waals surface area (Å²) in [6.45, 7) is 2.64. The molecule has 0 saturated carbocycles. The quantitative estimate of drug-likeness (QED) is 0.796. The third kappa shape index (κ3) is 3.91. The topological polar surface area (TPSA) is 87.3 Å². The van der Waals surface area contributed by atoms with Gasteiger partial charge in [-0.25, -0.2) is 0 Å². The molecule has 1 aromatic heterocycles. The molecule has 30 heavy (non-hydrogen) atoms. The zero-order valence-corrected chi connectivity index (χ0v) is 16.3. The Labute approximate surface area is 170 Å². The molecule has 0 radical (unpaired) electrons. The van der Waals surface area contributed by atoms with Crippen molar-refractivity contribution < 1.29 is 27.5 Å². The van der Waals surface area contributed by atoms with Crippen LogP contribution in [-0.4, -0.2) is 45.7 Å². The molecule has 160 valence electrons. The van der Waals surface area contributed by atoms with E-state index < -0.39 is 29.2 Å². The first-order valence-electron chi connectivity index (χ1n) is 9.64. The number of halogens is 3. The number of alkyl halides is 3. The maximum absolute atomic E-state index is 13.4. The van der Waals surface area contributed by atoms with Crippen LogP contribution in [0.2, 0.25) is 0 Å². The Morgan fingerprint density at radius 1 is 1.30 bits per heavy atom. The van der Waals surface area contributed by atoms with Crippen LogP contribution in [0.5, 0.6) is 0 Å². The molecule has 1 fully saturated rings. The third-order valence-corrected chi connectivity index (χ3v) is 5.55. The van der Waals surface area contributed by atoms with E-state index in [-0.39, 0.29) is 17.8 Å². The number of hydrogen-bond acceptors (Lipinski definition) is 4. The number of rotatable bonds is 3. The van der Waals surface area contributed by atoms with E-state index in [0.29, 0.717) is 32.4 Å². The largest absolute Gasteiger partial charge is 0.416 e. The maximum atomic E-state index is 13.4. The second-order valence-electron chi connectivity index (χ2n) is 7.78. The first-order valence-corrected chi connectivity index (χ1v) is 9.64. The fourth-order valence-electron chi connectivity index (χ4n) is 3.79. The van der Waals surface area contributed by atoms with Gasteiger partial charge in [0, 0.05) is 48.6 Å². The van der Waals surface area contributed by atoms with E-state index >= 15 is 0 Å². The average Bonchev–Trinajstić information content (AvgIpc) is 3.35. The molecular weight excluding hydrogens is 401 g/mol. The van der Waals surface area contributed by atoms with E-state index in [1.165, 1.54) is 11.0 Å². The van der Waals surface area contributed by atoms with Crippen molar-refractivity contribution in [2.75, 3.05) is 18.5 Å². The van der Waals surface area contributed by atoms with Crippen molar-refractivity contribution in [2.45, 2.75) is 44.5 Å². The number of anilines is 1. The van der Waals surface area contributed by atoms with Crippen molar-refractivity contribution in [3.63, 3.8) is 0 Å². The molecule has 4 rings (SSSR count). The Balaban J connectivity index is 1.61. The molecule has 2 N–H and O–H groups in total. The summed E-state index contributed by atoms with van der Waals surface area (Å²) in [5, 5.41) is 9.28. The number of amides is 2. The second kappa shape index (κ2) is 7.42. The lowest BCUT2D eigenvalue weighted by Crippen LogP contribution is -2.39. The smallest absolute Gasteiger partial charge is 0.365 e. The number of benzene rings is 1. The van der Waals surface area contributed by atoms with Gasteiger partial charge in [0.2, 0.25) is 0 Å². The summed E-state index contributed by atoms with van der Waals surface area (Å²) in [5.74, 6) is -1.06. The minimum absolute atomic E-state index is 0.0871. The van der Waals surface area contributed by atoms with E-state index in [2.05, 4.69) is 15.5 Å². The fourth-order valence-corrected chi connectivity index (χ4v) is 3.79. The summed E-state index contributed by atoms with van der Waals surface area (Å²) < 4.78 is 45.8. The van der Waals surface area contributed by atoms with Crippen LogP contribution >= 0.6 is 0 Å². The van der Waals surface area contributed by atoms with Gasteiger partial charge in [-0.05, 0) is 38.0 Å². The summed E-state index contributed by atoms with van der Waals surface area (Å²) in [5.41, 5.74) is -0.562. The van der Waals surface area contributed by atoms with Gasteiger partial charge in [-0.2, -0.15) is 18.3 Å².